The van der Waals surface area contributed by atoms with Gasteiger partial charge in [0.25, 0.3) is 0 Å². The lowest BCUT2D eigenvalue weighted by Gasteiger charge is -2.06. The van der Waals surface area contributed by atoms with E-state index in [9.17, 15) is 18.4 Å². The van der Waals surface area contributed by atoms with Crippen LogP contribution in [-0.4, -0.2) is 24.7 Å². The summed E-state index contributed by atoms with van der Waals surface area (Å²) in [5.74, 6) is -2.04. The molecule has 0 unspecified atom stereocenters. The summed E-state index contributed by atoms with van der Waals surface area (Å²) in [4.78, 5) is 23.7. The molecule has 2 rings (SSSR count). The van der Waals surface area contributed by atoms with Gasteiger partial charge in [-0.25, -0.2) is 13.6 Å². The number of hydrogen-bond acceptors (Lipinski definition) is 4. The van der Waals surface area contributed by atoms with E-state index in [1.54, 1.807) is 24.3 Å². The average molecular weight is 351 g/mol. The lowest BCUT2D eigenvalue weighted by molar-refractivity contribution is -0.115. The van der Waals surface area contributed by atoms with E-state index in [-0.39, 0.29) is 12.3 Å². The zero-order valence-electron chi connectivity index (χ0n) is 12.8. The van der Waals surface area contributed by atoms with Gasteiger partial charge in [-0.05, 0) is 42.5 Å². The lowest BCUT2D eigenvalue weighted by Crippen LogP contribution is -2.12. The van der Waals surface area contributed by atoms with Crippen molar-refractivity contribution in [1.29, 1.82) is 0 Å². The van der Waals surface area contributed by atoms with Crippen LogP contribution in [0.15, 0.2) is 47.4 Å². The molecular weight excluding hydrogens is 336 g/mol. The van der Waals surface area contributed by atoms with E-state index in [0.29, 0.717) is 21.9 Å². The number of esters is 1. The summed E-state index contributed by atoms with van der Waals surface area (Å²) >= 11 is 1.26. The highest BCUT2D eigenvalue weighted by Gasteiger charge is 2.07. The van der Waals surface area contributed by atoms with Gasteiger partial charge in [0, 0.05) is 22.8 Å². The van der Waals surface area contributed by atoms with Crippen molar-refractivity contribution < 1.29 is 23.1 Å². The molecule has 126 valence electrons. The van der Waals surface area contributed by atoms with E-state index < -0.39 is 17.6 Å². The number of carbonyl (C=O) groups is 2. The topological polar surface area (TPSA) is 55.4 Å². The first kappa shape index (κ1) is 17.9. The fraction of sp³-hybridized carbons (Fsp3) is 0.176. The fourth-order valence-corrected chi connectivity index (χ4v) is 2.73. The monoisotopic (exact) mass is 351 g/mol. The van der Waals surface area contributed by atoms with E-state index in [1.165, 1.54) is 24.9 Å². The molecule has 0 aliphatic heterocycles. The molecule has 0 heterocycles. The van der Waals surface area contributed by atoms with E-state index in [4.69, 9.17) is 0 Å². The number of anilines is 1. The second kappa shape index (κ2) is 8.44. The predicted octanol–water partition coefficient (Wildman–Crippen LogP) is 3.87. The fourth-order valence-electron chi connectivity index (χ4n) is 1.86. The zero-order chi connectivity index (χ0) is 17.5. The highest BCUT2D eigenvalue weighted by Crippen LogP contribution is 2.21. The van der Waals surface area contributed by atoms with Crippen LogP contribution in [0.4, 0.5) is 14.5 Å². The number of rotatable bonds is 6. The van der Waals surface area contributed by atoms with Gasteiger partial charge in [-0.3, -0.25) is 4.79 Å². The first-order chi connectivity index (χ1) is 11.5. The largest absolute Gasteiger partial charge is 0.465 e. The molecule has 0 atom stereocenters. The Kier molecular flexibility index (Phi) is 6.31. The Morgan fingerprint density at radius 3 is 2.42 bits per heavy atom. The molecule has 0 aromatic heterocycles. The first-order valence-corrected chi connectivity index (χ1v) is 8.04. The number of hydrogen-bond donors (Lipinski definition) is 1. The molecule has 4 nitrogen and oxygen atoms in total. The minimum atomic E-state index is -0.907. The van der Waals surface area contributed by atoms with Gasteiger partial charge in [-0.15, -0.1) is 11.8 Å². The summed E-state index contributed by atoms with van der Waals surface area (Å²) < 4.78 is 30.5. The minimum Gasteiger partial charge on any atom is -0.465 e. The summed E-state index contributed by atoms with van der Waals surface area (Å²) in [6.45, 7) is 0. The Bertz CT molecular complexity index is 735. The SMILES string of the molecule is COC(=O)c1ccc(NC(=O)CCSc2ccc(F)c(F)c2)cc1. The van der Waals surface area contributed by atoms with Gasteiger partial charge >= 0.3 is 5.97 Å². The number of ether oxygens (including phenoxy) is 1. The van der Waals surface area contributed by atoms with Crippen LogP contribution in [0.2, 0.25) is 0 Å². The highest BCUT2D eigenvalue weighted by molar-refractivity contribution is 7.99. The predicted molar refractivity (Wildman–Crippen MR) is 88.1 cm³/mol. The van der Waals surface area contributed by atoms with Crippen molar-refractivity contribution in [1.82, 2.24) is 0 Å². The summed E-state index contributed by atoms with van der Waals surface area (Å²) in [7, 11) is 1.29. The third kappa shape index (κ3) is 5.06. The van der Waals surface area contributed by atoms with E-state index in [1.807, 2.05) is 0 Å². The van der Waals surface area contributed by atoms with Crippen LogP contribution in [0.5, 0.6) is 0 Å². The van der Waals surface area contributed by atoms with Gasteiger partial charge in [0.05, 0.1) is 12.7 Å². The van der Waals surface area contributed by atoms with Crippen molar-refractivity contribution in [3.63, 3.8) is 0 Å². The van der Waals surface area contributed by atoms with Crippen LogP contribution < -0.4 is 5.32 Å². The maximum Gasteiger partial charge on any atom is 0.337 e. The molecule has 0 bridgehead atoms. The summed E-state index contributed by atoms with van der Waals surface area (Å²) in [6, 6.07) is 9.94. The Labute approximate surface area is 142 Å². The average Bonchev–Trinajstić information content (AvgIpc) is 2.58. The van der Waals surface area contributed by atoms with Crippen LogP contribution in [0, 0.1) is 11.6 Å². The summed E-state index contributed by atoms with van der Waals surface area (Å²) in [5, 5.41) is 2.69. The van der Waals surface area contributed by atoms with E-state index >= 15 is 0 Å². The molecule has 1 amide bonds. The number of amides is 1. The smallest absolute Gasteiger partial charge is 0.337 e. The quantitative estimate of drug-likeness (QED) is 0.634. The molecule has 24 heavy (non-hydrogen) atoms. The number of thioether (sulfide) groups is 1. The van der Waals surface area contributed by atoms with Crippen molar-refractivity contribution >= 4 is 29.3 Å². The third-order valence-corrected chi connectivity index (χ3v) is 4.07. The maximum atomic E-state index is 13.1. The number of halogens is 2. The Morgan fingerprint density at radius 1 is 1.08 bits per heavy atom. The third-order valence-electron chi connectivity index (χ3n) is 3.08. The number of benzene rings is 2. The summed E-state index contributed by atoms with van der Waals surface area (Å²) in [5.41, 5.74) is 0.954. The molecule has 0 aliphatic rings. The van der Waals surface area contributed by atoms with Crippen molar-refractivity contribution in [3.05, 3.63) is 59.7 Å². The number of methoxy groups -OCH3 is 1. The zero-order valence-corrected chi connectivity index (χ0v) is 13.7. The molecule has 0 spiro atoms. The molecule has 2 aromatic rings. The van der Waals surface area contributed by atoms with Gasteiger partial charge in [0.15, 0.2) is 11.6 Å². The van der Waals surface area contributed by atoms with Crippen molar-refractivity contribution in [2.45, 2.75) is 11.3 Å². The Balaban J connectivity index is 1.80. The van der Waals surface area contributed by atoms with E-state index in [2.05, 4.69) is 10.1 Å². The molecule has 0 saturated carbocycles. The van der Waals surface area contributed by atoms with Crippen LogP contribution in [0.1, 0.15) is 16.8 Å². The first-order valence-electron chi connectivity index (χ1n) is 7.05. The number of carbonyl (C=O) groups excluding carboxylic acids is 2. The van der Waals surface area contributed by atoms with Gasteiger partial charge in [-0.2, -0.15) is 0 Å². The van der Waals surface area contributed by atoms with Crippen LogP contribution >= 0.6 is 11.8 Å². The van der Waals surface area contributed by atoms with Crippen molar-refractivity contribution in [3.8, 4) is 0 Å². The minimum absolute atomic E-state index is 0.211. The lowest BCUT2D eigenvalue weighted by atomic mass is 10.2. The molecule has 7 heteroatoms. The molecular formula is C17H15F2NO3S. The van der Waals surface area contributed by atoms with Gasteiger partial charge in [0.2, 0.25) is 5.91 Å². The molecule has 2 aromatic carbocycles. The summed E-state index contributed by atoms with van der Waals surface area (Å²) in [6.07, 6.45) is 0.211. The molecule has 1 N–H and O–H groups in total. The maximum absolute atomic E-state index is 13.1. The molecule has 0 fully saturated rings. The van der Waals surface area contributed by atoms with Crippen LogP contribution in [0.3, 0.4) is 0 Å². The van der Waals surface area contributed by atoms with Crippen molar-refractivity contribution in [2.24, 2.45) is 0 Å². The van der Waals surface area contributed by atoms with Gasteiger partial charge in [0.1, 0.15) is 0 Å². The highest BCUT2D eigenvalue weighted by atomic mass is 32.2. The second-order valence-corrected chi connectivity index (χ2v) is 5.96. The molecule has 0 aliphatic carbocycles. The van der Waals surface area contributed by atoms with Crippen LogP contribution in [-0.2, 0) is 9.53 Å². The number of nitrogens with one attached hydrogen (secondary N) is 1. The molecule has 0 saturated heterocycles. The second-order valence-electron chi connectivity index (χ2n) is 4.79. The normalized spacial score (nSPS) is 10.3. The van der Waals surface area contributed by atoms with E-state index in [0.717, 1.165) is 12.1 Å². The Hall–Kier alpha value is -2.41. The molecule has 0 radical (unpaired) electrons. The van der Waals surface area contributed by atoms with Gasteiger partial charge in [-0.1, -0.05) is 0 Å². The standard InChI is InChI=1S/C17H15F2NO3S/c1-23-17(22)11-2-4-12(5-3-11)20-16(21)8-9-24-13-6-7-14(18)15(19)10-13/h2-7,10H,8-9H2,1H3,(H,20,21). The van der Waals surface area contributed by atoms with Crippen LogP contribution in [0.25, 0.3) is 0 Å². The Morgan fingerprint density at radius 2 is 1.79 bits per heavy atom. The van der Waals surface area contributed by atoms with Crippen molar-refractivity contribution in [2.75, 3.05) is 18.2 Å². The van der Waals surface area contributed by atoms with Gasteiger partial charge < -0.3 is 10.1 Å².